The van der Waals surface area contributed by atoms with E-state index in [1.165, 1.54) is 11.1 Å². The van der Waals surface area contributed by atoms with Crippen molar-refractivity contribution in [1.82, 2.24) is 77.0 Å². The first-order valence-corrected chi connectivity index (χ1v) is 36.9. The molecule has 4 fully saturated rings. The Hall–Kier alpha value is -8.92. The Morgan fingerprint density at radius 1 is 0.470 bits per heavy atom. The molecule has 6 heterocycles. The maximum Gasteiger partial charge on any atom is 0.246 e. The van der Waals surface area contributed by atoms with Crippen LogP contribution < -0.4 is 37.2 Å². The van der Waals surface area contributed by atoms with Crippen molar-refractivity contribution in [1.29, 1.82) is 0 Å². The van der Waals surface area contributed by atoms with E-state index in [9.17, 15) is 28.8 Å². The summed E-state index contributed by atoms with van der Waals surface area (Å²) in [5.74, 6) is -1.72. The molecule has 7 aromatic rings. The first-order valence-electron chi connectivity index (χ1n) is 36.9. The van der Waals surface area contributed by atoms with Gasteiger partial charge in [0, 0.05) is 69.1 Å². The van der Waals surface area contributed by atoms with Gasteiger partial charge in [0.1, 0.15) is 35.6 Å². The molecule has 4 aliphatic rings. The number of rotatable bonds is 34. The molecule has 11 atom stereocenters. The lowest BCUT2D eigenvalue weighted by molar-refractivity contribution is -0.144. The van der Waals surface area contributed by atoms with Crippen LogP contribution in [-0.2, 0) is 67.8 Å². The third kappa shape index (κ3) is 18.5. The van der Waals surface area contributed by atoms with E-state index in [-0.39, 0.29) is 65.3 Å². The van der Waals surface area contributed by atoms with Gasteiger partial charge in [-0.1, -0.05) is 177 Å². The average molecular weight is 1360 g/mol. The molecule has 5 aromatic carbocycles. The van der Waals surface area contributed by atoms with Crippen LogP contribution in [0.2, 0.25) is 0 Å². The second kappa shape index (κ2) is 35.9. The Labute approximate surface area is 589 Å². The number of likely N-dealkylation sites (N-methyl/N-ethyl adjacent to an activating group) is 1. The number of hydrogen-bond donors (Lipinski definition) is 7. The van der Waals surface area contributed by atoms with Gasteiger partial charge in [0.05, 0.1) is 30.5 Å². The molecule has 4 aliphatic heterocycles. The molecule has 0 radical (unpaired) electrons. The van der Waals surface area contributed by atoms with E-state index < -0.39 is 42.3 Å². The van der Waals surface area contributed by atoms with Crippen molar-refractivity contribution in [2.24, 2.45) is 17.8 Å². The molecule has 0 bridgehead atoms. The number of aromatic nitrogens is 6. The third-order valence-corrected chi connectivity index (χ3v) is 21.3. The molecule has 530 valence electrons. The monoisotopic (exact) mass is 1360 g/mol. The number of carbonyl (C=O) groups excluding carboxylic acids is 6. The van der Waals surface area contributed by atoms with Crippen LogP contribution in [0.3, 0.4) is 0 Å². The molecule has 2 aromatic heterocycles. The van der Waals surface area contributed by atoms with Gasteiger partial charge in [0.15, 0.2) is 0 Å². The number of nitrogens with zero attached hydrogens (tertiary/aromatic N) is 8. The first kappa shape index (κ1) is 72.3. The van der Waals surface area contributed by atoms with Gasteiger partial charge >= 0.3 is 0 Å². The lowest BCUT2D eigenvalue weighted by Crippen LogP contribution is -2.59. The van der Waals surface area contributed by atoms with Crippen LogP contribution in [0.15, 0.2) is 158 Å². The van der Waals surface area contributed by atoms with Crippen molar-refractivity contribution in [2.45, 2.75) is 210 Å². The zero-order valence-electron chi connectivity index (χ0n) is 58.7. The van der Waals surface area contributed by atoms with E-state index >= 15 is 0 Å². The van der Waals surface area contributed by atoms with Gasteiger partial charge in [0.25, 0.3) is 0 Å². The lowest BCUT2D eigenvalue weighted by Gasteiger charge is -2.33. The van der Waals surface area contributed by atoms with Gasteiger partial charge in [0.2, 0.25) is 35.4 Å². The predicted molar refractivity (Wildman–Crippen MR) is 385 cm³/mol. The number of benzene rings is 5. The fraction of sp³-hybridized carbons (Fsp3) is 0.494. The zero-order chi connectivity index (χ0) is 69.7. The quantitative estimate of drug-likeness (QED) is 0.0186. The number of aryl methyl sites for hydroxylation is 4. The van der Waals surface area contributed by atoms with E-state index in [4.69, 9.17) is 0 Å². The van der Waals surface area contributed by atoms with Gasteiger partial charge in [-0.2, -0.15) is 0 Å². The topological polar surface area (TPSA) is 255 Å². The number of unbranched alkanes of at least 4 members (excludes halogenated alkanes) is 2. The van der Waals surface area contributed by atoms with E-state index in [2.05, 4.69) is 106 Å². The van der Waals surface area contributed by atoms with Crippen molar-refractivity contribution in [3.8, 4) is 0 Å². The van der Waals surface area contributed by atoms with E-state index in [0.717, 1.165) is 86.5 Å². The number of nitrogens with one attached hydrogen (secondary N) is 7. The summed E-state index contributed by atoms with van der Waals surface area (Å²) < 4.78 is 3.70. The fourth-order valence-electron chi connectivity index (χ4n) is 15.5. The summed E-state index contributed by atoms with van der Waals surface area (Å²) >= 11 is 0. The molecule has 7 N–H and O–H groups in total. The van der Waals surface area contributed by atoms with Crippen molar-refractivity contribution in [2.75, 3.05) is 20.1 Å². The number of fused-ring (bicyclic) bond motifs is 2. The summed E-state index contributed by atoms with van der Waals surface area (Å²) in [6, 6.07) is 43.9. The largest absolute Gasteiger partial charge is 0.344 e. The van der Waals surface area contributed by atoms with Gasteiger partial charge in [-0.05, 0) is 150 Å². The highest BCUT2D eigenvalue weighted by atomic mass is 16.2. The van der Waals surface area contributed by atoms with Crippen LogP contribution in [0.25, 0.3) is 0 Å². The van der Waals surface area contributed by atoms with Gasteiger partial charge in [-0.3, -0.25) is 38.1 Å². The minimum atomic E-state index is -0.792. The average Bonchev–Trinajstić information content (AvgIpc) is 1.63. The second-order valence-corrected chi connectivity index (χ2v) is 27.9. The molecule has 21 heteroatoms. The normalized spacial score (nSPS) is 21.5. The van der Waals surface area contributed by atoms with Crippen molar-refractivity contribution in [3.63, 3.8) is 0 Å². The Morgan fingerprint density at radius 2 is 0.870 bits per heavy atom. The zero-order valence-corrected chi connectivity index (χ0v) is 58.7. The van der Waals surface area contributed by atoms with Crippen LogP contribution in [0.4, 0.5) is 0 Å². The molecular formula is C79H103N15O6. The molecule has 11 rings (SSSR count). The minimum absolute atomic E-state index is 0.103. The summed E-state index contributed by atoms with van der Waals surface area (Å²) in [5, 5.41) is 41.5. The first-order chi connectivity index (χ1) is 48.9. The van der Waals surface area contributed by atoms with E-state index in [0.29, 0.717) is 95.6 Å². The van der Waals surface area contributed by atoms with Crippen LogP contribution >= 0.6 is 0 Å². The summed E-state index contributed by atoms with van der Waals surface area (Å²) in [5.41, 5.74) is 7.77. The summed E-state index contributed by atoms with van der Waals surface area (Å²) in [7, 11) is 1.75. The highest BCUT2D eigenvalue weighted by molar-refractivity contribution is 5.95. The highest BCUT2D eigenvalue weighted by Crippen LogP contribution is 2.37. The molecule has 0 unspecified atom stereocenters. The van der Waals surface area contributed by atoms with Gasteiger partial charge in [-0.15, -0.1) is 10.2 Å². The SMILES string of the molecule is CCC(CC)C(=O)N[C@@H]1C(=O)N2[C@@H](CC[C@@H]1CNCc1ccccc1)CC[C@H]2C(=O)N[C@@H](c1ccccc1)c1cn(CCCCc2ccc(CCCCn3cc([C@@H](NC(=O)[C@@H]4CC[C@@H]5CC[C@H](CNCc6ccccc6)[C@H](NC(=O)[C@H](CC)NC)C(=O)N54)c4ccccc4)nn3)cc2)nn1. The van der Waals surface area contributed by atoms with Crippen LogP contribution in [-0.4, -0.2) is 138 Å². The van der Waals surface area contributed by atoms with E-state index in [1.807, 2.05) is 140 Å². The van der Waals surface area contributed by atoms with Crippen molar-refractivity contribution in [3.05, 3.63) is 203 Å². The molecule has 6 amide bonds. The smallest absolute Gasteiger partial charge is 0.246 e. The Bertz CT molecular complexity index is 3490. The Kier molecular flexibility index (Phi) is 26.0. The van der Waals surface area contributed by atoms with Crippen LogP contribution in [0, 0.1) is 17.8 Å². The summed E-state index contributed by atoms with van der Waals surface area (Å²) in [6.07, 6.45) is 16.7. The maximum atomic E-state index is 14.9. The molecule has 100 heavy (non-hydrogen) atoms. The molecule has 4 saturated heterocycles. The number of carbonyl (C=O) groups is 6. The van der Waals surface area contributed by atoms with Crippen LogP contribution in [0.5, 0.6) is 0 Å². The highest BCUT2D eigenvalue weighted by Gasteiger charge is 2.50. The van der Waals surface area contributed by atoms with Gasteiger partial charge in [-0.25, -0.2) is 0 Å². The Balaban J connectivity index is 0.649. The fourth-order valence-corrected chi connectivity index (χ4v) is 15.5. The molecule has 0 spiro atoms. The number of amides is 6. The molecule has 21 nitrogen and oxygen atoms in total. The molecule has 0 saturated carbocycles. The molecular weight excluding hydrogens is 1250 g/mol. The third-order valence-electron chi connectivity index (χ3n) is 21.3. The predicted octanol–water partition coefficient (Wildman–Crippen LogP) is 8.85. The van der Waals surface area contributed by atoms with Crippen molar-refractivity contribution >= 4 is 35.4 Å². The summed E-state index contributed by atoms with van der Waals surface area (Å²) in [4.78, 5) is 90.1. The Morgan fingerprint density at radius 3 is 1.27 bits per heavy atom. The minimum Gasteiger partial charge on any atom is -0.344 e. The second-order valence-electron chi connectivity index (χ2n) is 27.9. The summed E-state index contributed by atoms with van der Waals surface area (Å²) in [6.45, 7) is 9.65. The standard InChI is InChI=1S/C79H103N15O6/c1-5-58(6-2)74(95)85-72-61(50-81-48-56-26-12-8-13-27-56)38-40-63-42-44-68(93(63)78(72)99)76(97)83-70(59-30-16-10-17-31-59)66-52-91(89-87-66)46-22-20-24-54-34-36-55(37-35-54)25-21-23-47-92-53-67(88-90-92)71(60-32-18-11-19-33-60)84-77(98)69-45-43-64-41-39-62(51-82-49-57-28-14-9-15-29-57)73(79(100)94(64)69)86-75(96)65(7-3)80-4/h8-19,26-37,52-53,58,61-65,68-73,80-82H,5-7,20-25,38-51H2,1-4H3,(H,83,97)(H,84,98)(H,85,95)(H,86,96)/t61-,62-,63+,64+,65+,68+,69+,70+,71+,72+,73+/m1/s1. The van der Waals surface area contributed by atoms with E-state index in [1.54, 1.807) is 16.8 Å². The number of hydrogen-bond acceptors (Lipinski definition) is 13. The van der Waals surface area contributed by atoms with Gasteiger partial charge < -0.3 is 47.0 Å². The lowest BCUT2D eigenvalue weighted by atomic mass is 9.92. The molecule has 0 aliphatic carbocycles. The van der Waals surface area contributed by atoms with Crippen molar-refractivity contribution < 1.29 is 28.8 Å². The maximum absolute atomic E-state index is 14.9. The van der Waals surface area contributed by atoms with Crippen LogP contribution in [0.1, 0.15) is 174 Å².